The first-order valence-corrected chi connectivity index (χ1v) is 13.5. The monoisotopic (exact) mass is 442 g/mol. The molecule has 1 unspecified atom stereocenters. The van der Waals surface area contributed by atoms with Gasteiger partial charge in [-0.25, -0.2) is 0 Å². The van der Waals surface area contributed by atoms with Crippen LogP contribution in [-0.4, -0.2) is 17.9 Å². The Morgan fingerprint density at radius 2 is 1.81 bits per heavy atom. The number of hydrogen-bond donors (Lipinski definition) is 0. The zero-order valence-corrected chi connectivity index (χ0v) is 21.4. The van der Waals surface area contributed by atoms with Crippen molar-refractivity contribution in [1.29, 1.82) is 0 Å². The van der Waals surface area contributed by atoms with Gasteiger partial charge in [0.1, 0.15) is 6.10 Å². The Balaban J connectivity index is 1.52. The molecule has 180 valence electrons. The van der Waals surface area contributed by atoms with Gasteiger partial charge in [-0.1, -0.05) is 59.5 Å². The minimum Gasteiger partial charge on any atom is -0.462 e. The second-order valence-corrected chi connectivity index (χ2v) is 12.7. The van der Waals surface area contributed by atoms with Gasteiger partial charge in [0.2, 0.25) is 0 Å². The van der Waals surface area contributed by atoms with Crippen molar-refractivity contribution in [3.05, 3.63) is 11.6 Å². The average molecular weight is 443 g/mol. The zero-order chi connectivity index (χ0) is 23.3. The van der Waals surface area contributed by atoms with Crippen LogP contribution in [0, 0.1) is 46.3 Å². The predicted octanol–water partition coefficient (Wildman–Crippen LogP) is 7.14. The molecular weight excluding hydrogens is 396 g/mol. The molecular formula is C29H46O3. The minimum absolute atomic E-state index is 0.0485. The number of ether oxygens (including phenoxy) is 1. The molecule has 0 aromatic rings. The third-order valence-corrected chi connectivity index (χ3v) is 10.4. The zero-order valence-electron chi connectivity index (χ0n) is 21.4. The van der Waals surface area contributed by atoms with Crippen molar-refractivity contribution in [2.45, 2.75) is 112 Å². The van der Waals surface area contributed by atoms with Gasteiger partial charge in [-0.2, -0.15) is 0 Å². The standard InChI is InChI=1S/C29H46O3/c1-18(2)8-7-9-19(3)23-10-11-24-27-25(13-15-29(23,24)6)28(5)14-12-22(32-20(4)30)16-21(28)17-26(27)31/h17-19,22-25,27H,7-16H2,1-6H3/t19?,22-,23+,24-,25-,27-,28-,29+/m0/s1. The summed E-state index contributed by atoms with van der Waals surface area (Å²) in [5.41, 5.74) is 1.70. The first kappa shape index (κ1) is 24.0. The van der Waals surface area contributed by atoms with Crippen molar-refractivity contribution in [1.82, 2.24) is 0 Å². The fraction of sp³-hybridized carbons (Fsp3) is 0.862. The molecule has 0 spiro atoms. The summed E-state index contributed by atoms with van der Waals surface area (Å²) in [7, 11) is 0. The Bertz CT molecular complexity index is 766. The van der Waals surface area contributed by atoms with Gasteiger partial charge in [0.25, 0.3) is 0 Å². The largest absolute Gasteiger partial charge is 0.462 e. The molecule has 0 saturated heterocycles. The van der Waals surface area contributed by atoms with Crippen LogP contribution in [0.5, 0.6) is 0 Å². The molecule has 3 fully saturated rings. The van der Waals surface area contributed by atoms with Crippen molar-refractivity contribution in [2.24, 2.45) is 46.3 Å². The van der Waals surface area contributed by atoms with Gasteiger partial charge in [-0.3, -0.25) is 9.59 Å². The number of ketones is 1. The second-order valence-electron chi connectivity index (χ2n) is 12.7. The average Bonchev–Trinajstić information content (AvgIpc) is 3.05. The van der Waals surface area contributed by atoms with E-state index in [0.717, 1.165) is 37.0 Å². The smallest absolute Gasteiger partial charge is 0.302 e. The Hall–Kier alpha value is -1.12. The predicted molar refractivity (Wildman–Crippen MR) is 129 cm³/mol. The number of esters is 1. The molecule has 8 atom stereocenters. The molecule has 4 aliphatic rings. The minimum atomic E-state index is -0.202. The molecule has 32 heavy (non-hydrogen) atoms. The van der Waals surface area contributed by atoms with Gasteiger partial charge in [-0.15, -0.1) is 0 Å². The van der Waals surface area contributed by atoms with E-state index in [1.54, 1.807) is 0 Å². The molecule has 0 aliphatic heterocycles. The van der Waals surface area contributed by atoms with E-state index >= 15 is 0 Å². The van der Waals surface area contributed by atoms with Crippen LogP contribution in [0.4, 0.5) is 0 Å². The summed E-state index contributed by atoms with van der Waals surface area (Å²) in [6, 6.07) is 0. The number of allylic oxidation sites excluding steroid dienone is 1. The van der Waals surface area contributed by atoms with E-state index in [4.69, 9.17) is 4.74 Å². The van der Waals surface area contributed by atoms with Crippen molar-refractivity contribution >= 4 is 11.8 Å². The SMILES string of the molecule is CC(=O)O[C@H]1CC[C@@]2(C)C(=CC(=O)[C@H]3[C@@H]4CC[C@H](C(C)CCCC(C)C)[C@@]4(C)CC[C@@H]32)C1. The summed E-state index contributed by atoms with van der Waals surface area (Å²) in [5.74, 6) is 3.74. The lowest BCUT2D eigenvalue weighted by molar-refractivity contribution is -0.149. The molecule has 3 saturated carbocycles. The Morgan fingerprint density at radius 1 is 1.06 bits per heavy atom. The fourth-order valence-corrected chi connectivity index (χ4v) is 8.73. The molecule has 4 rings (SSSR count). The normalized spacial score (nSPS) is 42.0. The molecule has 0 N–H and O–H groups in total. The highest BCUT2D eigenvalue weighted by molar-refractivity contribution is 5.94. The number of fused-ring (bicyclic) bond motifs is 5. The van der Waals surface area contributed by atoms with E-state index in [1.165, 1.54) is 57.4 Å². The number of rotatable bonds is 6. The van der Waals surface area contributed by atoms with Gasteiger partial charge < -0.3 is 4.74 Å². The lowest BCUT2D eigenvalue weighted by atomic mass is 9.46. The van der Waals surface area contributed by atoms with Gasteiger partial charge in [0.05, 0.1) is 0 Å². The third kappa shape index (κ3) is 4.11. The summed E-state index contributed by atoms with van der Waals surface area (Å²) in [6.45, 7) is 13.6. The maximum absolute atomic E-state index is 13.6. The maximum Gasteiger partial charge on any atom is 0.302 e. The molecule has 0 aromatic carbocycles. The second kappa shape index (κ2) is 8.91. The Morgan fingerprint density at radius 3 is 2.50 bits per heavy atom. The molecule has 4 aliphatic carbocycles. The highest BCUT2D eigenvalue weighted by atomic mass is 16.5. The van der Waals surface area contributed by atoms with E-state index < -0.39 is 0 Å². The Kier molecular flexibility index (Phi) is 6.69. The quantitative estimate of drug-likeness (QED) is 0.411. The molecule has 0 bridgehead atoms. The van der Waals surface area contributed by atoms with Crippen LogP contribution in [0.3, 0.4) is 0 Å². The van der Waals surface area contributed by atoms with Gasteiger partial charge in [0.15, 0.2) is 5.78 Å². The molecule has 0 radical (unpaired) electrons. The number of carbonyl (C=O) groups excluding carboxylic acids is 2. The van der Waals surface area contributed by atoms with E-state index in [0.29, 0.717) is 23.0 Å². The third-order valence-electron chi connectivity index (χ3n) is 10.4. The molecule has 3 nitrogen and oxygen atoms in total. The van der Waals surface area contributed by atoms with Crippen LogP contribution < -0.4 is 0 Å². The summed E-state index contributed by atoms with van der Waals surface area (Å²) < 4.78 is 5.54. The van der Waals surface area contributed by atoms with Gasteiger partial charge >= 0.3 is 5.97 Å². The lowest BCUT2D eigenvalue weighted by Crippen LogP contribution is -2.53. The number of carbonyl (C=O) groups is 2. The first-order valence-electron chi connectivity index (χ1n) is 13.5. The van der Waals surface area contributed by atoms with Crippen LogP contribution in [0.1, 0.15) is 106 Å². The maximum atomic E-state index is 13.6. The van der Waals surface area contributed by atoms with Crippen LogP contribution in [0.2, 0.25) is 0 Å². The van der Waals surface area contributed by atoms with Crippen LogP contribution >= 0.6 is 0 Å². The van der Waals surface area contributed by atoms with E-state index in [2.05, 4.69) is 34.6 Å². The van der Waals surface area contributed by atoms with Crippen molar-refractivity contribution in [2.75, 3.05) is 0 Å². The fourth-order valence-electron chi connectivity index (χ4n) is 8.73. The molecule has 3 heteroatoms. The molecule has 0 aromatic heterocycles. The van der Waals surface area contributed by atoms with E-state index in [9.17, 15) is 9.59 Å². The lowest BCUT2D eigenvalue weighted by Gasteiger charge is -2.57. The van der Waals surface area contributed by atoms with E-state index in [-0.39, 0.29) is 23.4 Å². The number of hydrogen-bond acceptors (Lipinski definition) is 3. The van der Waals surface area contributed by atoms with Crippen LogP contribution in [0.25, 0.3) is 0 Å². The van der Waals surface area contributed by atoms with Crippen LogP contribution in [0.15, 0.2) is 11.6 Å². The van der Waals surface area contributed by atoms with Crippen molar-refractivity contribution < 1.29 is 14.3 Å². The molecule has 0 heterocycles. The topological polar surface area (TPSA) is 43.4 Å². The highest BCUT2D eigenvalue weighted by Gasteiger charge is 2.61. The highest BCUT2D eigenvalue weighted by Crippen LogP contribution is 2.66. The summed E-state index contributed by atoms with van der Waals surface area (Å²) >= 11 is 0. The Labute approximate surface area is 196 Å². The van der Waals surface area contributed by atoms with Gasteiger partial charge in [-0.05, 0) is 85.0 Å². The first-order chi connectivity index (χ1) is 15.1. The van der Waals surface area contributed by atoms with Crippen molar-refractivity contribution in [3.8, 4) is 0 Å². The van der Waals surface area contributed by atoms with Crippen LogP contribution in [-0.2, 0) is 14.3 Å². The summed E-state index contributed by atoms with van der Waals surface area (Å²) in [4.78, 5) is 25.1. The summed E-state index contributed by atoms with van der Waals surface area (Å²) in [5, 5.41) is 0. The van der Waals surface area contributed by atoms with Gasteiger partial charge in [0, 0.05) is 19.3 Å². The van der Waals surface area contributed by atoms with Crippen molar-refractivity contribution in [3.63, 3.8) is 0 Å². The molecule has 0 amide bonds. The summed E-state index contributed by atoms with van der Waals surface area (Å²) in [6.07, 6.45) is 13.7. The van der Waals surface area contributed by atoms with E-state index in [1.807, 2.05) is 6.08 Å².